The van der Waals surface area contributed by atoms with E-state index >= 15 is 0 Å². The number of nitrogens with zero attached hydrogens (tertiary/aromatic N) is 2. The van der Waals surface area contributed by atoms with Gasteiger partial charge in [0.15, 0.2) is 0 Å². The number of nitrogens with one attached hydrogen (secondary N) is 1. The summed E-state index contributed by atoms with van der Waals surface area (Å²) in [5.41, 5.74) is 4.92. The normalized spacial score (nSPS) is 12.9. The monoisotopic (exact) mass is 158 g/mol. The van der Waals surface area contributed by atoms with E-state index in [2.05, 4.69) is 27.8 Å². The van der Waals surface area contributed by atoms with Gasteiger partial charge in [-0.05, 0) is 0 Å². The Morgan fingerprint density at radius 2 is 2.60 bits per heavy atom. The summed E-state index contributed by atoms with van der Waals surface area (Å²) >= 11 is 3.87. The summed E-state index contributed by atoms with van der Waals surface area (Å²) in [6.45, 7) is 0. The zero-order valence-corrected chi connectivity index (χ0v) is 5.88. The number of thiol groups is 1. The molecule has 0 radical (unpaired) electrons. The van der Waals surface area contributed by atoms with Crippen LogP contribution in [0.15, 0.2) is 6.33 Å². The molecule has 0 saturated heterocycles. The van der Waals surface area contributed by atoms with E-state index in [1.807, 2.05) is 0 Å². The second-order valence-corrected chi connectivity index (χ2v) is 2.19. The highest BCUT2D eigenvalue weighted by atomic mass is 32.1. The molecule has 1 aromatic heterocycles. The molecular formula is C4H6N4OS. The van der Waals surface area contributed by atoms with Gasteiger partial charge >= 0.3 is 0 Å². The van der Waals surface area contributed by atoms with Gasteiger partial charge in [0.05, 0.1) is 0 Å². The third-order valence-corrected chi connectivity index (χ3v) is 1.46. The van der Waals surface area contributed by atoms with Crippen LogP contribution in [0.2, 0.25) is 0 Å². The number of nitrogens with two attached hydrogens (primary N) is 1. The van der Waals surface area contributed by atoms with Crippen LogP contribution in [0.4, 0.5) is 0 Å². The van der Waals surface area contributed by atoms with Gasteiger partial charge in [0.2, 0.25) is 5.91 Å². The summed E-state index contributed by atoms with van der Waals surface area (Å²) in [7, 11) is 0. The minimum absolute atomic E-state index is 0.371. The number of aromatic amines is 1. The van der Waals surface area contributed by atoms with Gasteiger partial charge in [-0.1, -0.05) is 0 Å². The fourth-order valence-electron chi connectivity index (χ4n) is 0.481. The topological polar surface area (TPSA) is 84.7 Å². The van der Waals surface area contributed by atoms with Gasteiger partial charge in [0, 0.05) is 0 Å². The Morgan fingerprint density at radius 3 is 3.00 bits per heavy atom. The van der Waals surface area contributed by atoms with Crippen LogP contribution in [0, 0.1) is 0 Å². The molecule has 0 bridgehead atoms. The Bertz CT molecular complexity index is 221. The minimum Gasteiger partial charge on any atom is -0.368 e. The van der Waals surface area contributed by atoms with Crippen molar-refractivity contribution in [2.45, 2.75) is 5.25 Å². The molecule has 1 rings (SSSR count). The highest BCUT2D eigenvalue weighted by Gasteiger charge is 2.14. The quantitative estimate of drug-likeness (QED) is 0.495. The first-order valence-electron chi connectivity index (χ1n) is 2.54. The molecule has 10 heavy (non-hydrogen) atoms. The van der Waals surface area contributed by atoms with E-state index in [0.717, 1.165) is 0 Å². The minimum atomic E-state index is -0.692. The molecule has 5 nitrogen and oxygen atoms in total. The van der Waals surface area contributed by atoms with E-state index in [9.17, 15) is 4.79 Å². The van der Waals surface area contributed by atoms with Gasteiger partial charge in [0.25, 0.3) is 0 Å². The summed E-state index contributed by atoms with van der Waals surface area (Å²) in [5.74, 6) is -0.170. The molecule has 1 unspecified atom stereocenters. The summed E-state index contributed by atoms with van der Waals surface area (Å²) in [6.07, 6.45) is 1.29. The van der Waals surface area contributed by atoms with Gasteiger partial charge in [-0.3, -0.25) is 9.89 Å². The van der Waals surface area contributed by atoms with Crippen LogP contribution in [0.5, 0.6) is 0 Å². The molecule has 6 heteroatoms. The Balaban J connectivity index is 2.77. The van der Waals surface area contributed by atoms with Crippen LogP contribution in [-0.2, 0) is 4.79 Å². The molecular weight excluding hydrogens is 152 g/mol. The van der Waals surface area contributed by atoms with Crippen molar-refractivity contribution in [1.29, 1.82) is 0 Å². The van der Waals surface area contributed by atoms with Crippen LogP contribution in [0.25, 0.3) is 0 Å². The van der Waals surface area contributed by atoms with E-state index < -0.39 is 11.2 Å². The molecule has 3 N–H and O–H groups in total. The molecule has 1 aromatic rings. The number of carbonyl (C=O) groups excluding carboxylic acids is 1. The van der Waals surface area contributed by atoms with E-state index in [0.29, 0.717) is 5.82 Å². The highest BCUT2D eigenvalue weighted by Crippen LogP contribution is 2.12. The van der Waals surface area contributed by atoms with E-state index in [4.69, 9.17) is 5.73 Å². The summed E-state index contributed by atoms with van der Waals surface area (Å²) in [5, 5.41) is 5.32. The van der Waals surface area contributed by atoms with Crippen LogP contribution in [0.1, 0.15) is 11.1 Å². The van der Waals surface area contributed by atoms with Gasteiger partial charge in [-0.15, -0.1) is 0 Å². The van der Waals surface area contributed by atoms with E-state index in [1.165, 1.54) is 6.33 Å². The smallest absolute Gasteiger partial charge is 0.238 e. The molecule has 0 aromatic carbocycles. The van der Waals surface area contributed by atoms with Crippen LogP contribution in [0.3, 0.4) is 0 Å². The number of H-pyrrole nitrogens is 1. The molecule has 0 spiro atoms. The number of hydrogen-bond acceptors (Lipinski definition) is 4. The molecule has 0 aliphatic heterocycles. The molecule has 0 fully saturated rings. The number of rotatable bonds is 2. The first-order chi connectivity index (χ1) is 4.72. The van der Waals surface area contributed by atoms with Crippen molar-refractivity contribution in [2.75, 3.05) is 0 Å². The maximum absolute atomic E-state index is 10.5. The van der Waals surface area contributed by atoms with Crippen molar-refractivity contribution in [3.05, 3.63) is 12.2 Å². The summed E-state index contributed by atoms with van der Waals surface area (Å²) in [6, 6.07) is 0. The average Bonchev–Trinajstić information content (AvgIpc) is 2.36. The van der Waals surface area contributed by atoms with E-state index in [-0.39, 0.29) is 0 Å². The number of amides is 1. The molecule has 0 aliphatic carbocycles. The number of aromatic nitrogens is 3. The molecule has 0 aliphatic rings. The fraction of sp³-hybridized carbons (Fsp3) is 0.250. The maximum atomic E-state index is 10.5. The van der Waals surface area contributed by atoms with Crippen molar-refractivity contribution in [2.24, 2.45) is 5.73 Å². The zero-order chi connectivity index (χ0) is 7.56. The zero-order valence-electron chi connectivity index (χ0n) is 4.98. The van der Waals surface area contributed by atoms with Gasteiger partial charge in [-0.25, -0.2) is 4.98 Å². The molecule has 0 saturated carbocycles. The lowest BCUT2D eigenvalue weighted by molar-refractivity contribution is -0.117. The number of carbonyl (C=O) groups is 1. The van der Waals surface area contributed by atoms with Crippen LogP contribution >= 0.6 is 12.6 Å². The molecule has 1 atom stereocenters. The predicted molar refractivity (Wildman–Crippen MR) is 37.3 cm³/mol. The first kappa shape index (κ1) is 7.07. The highest BCUT2D eigenvalue weighted by molar-refractivity contribution is 7.81. The molecule has 1 amide bonds. The SMILES string of the molecule is NC(=O)C(S)c1ncn[nH]1. The second kappa shape index (κ2) is 2.70. The Morgan fingerprint density at radius 1 is 1.90 bits per heavy atom. The molecule has 54 valence electrons. The lowest BCUT2D eigenvalue weighted by Gasteiger charge is -1.98. The number of primary amides is 1. The van der Waals surface area contributed by atoms with Gasteiger partial charge < -0.3 is 5.73 Å². The molecule has 1 heterocycles. The standard InChI is InChI=1S/C4H6N4OS/c5-3(9)2(10)4-6-1-7-8-4/h1-2,10H,(H2,5,9)(H,6,7,8). The fourth-order valence-corrected chi connectivity index (χ4v) is 0.606. The summed E-state index contributed by atoms with van der Waals surface area (Å²) < 4.78 is 0. The van der Waals surface area contributed by atoms with Crippen molar-refractivity contribution < 1.29 is 4.79 Å². The summed E-state index contributed by atoms with van der Waals surface area (Å²) in [4.78, 5) is 14.1. The van der Waals surface area contributed by atoms with E-state index in [1.54, 1.807) is 0 Å². The Kier molecular flexibility index (Phi) is 1.91. The van der Waals surface area contributed by atoms with Crippen LogP contribution in [-0.4, -0.2) is 21.1 Å². The second-order valence-electron chi connectivity index (χ2n) is 1.68. The first-order valence-corrected chi connectivity index (χ1v) is 3.06. The van der Waals surface area contributed by atoms with Gasteiger partial charge in [-0.2, -0.15) is 17.7 Å². The van der Waals surface area contributed by atoms with Crippen molar-refractivity contribution in [1.82, 2.24) is 15.2 Å². The predicted octanol–water partition coefficient (Wildman–Crippen LogP) is -0.739. The maximum Gasteiger partial charge on any atom is 0.238 e. The Labute approximate surface area is 62.4 Å². The van der Waals surface area contributed by atoms with Gasteiger partial charge in [0.1, 0.15) is 17.4 Å². The van der Waals surface area contributed by atoms with Crippen LogP contribution < -0.4 is 5.73 Å². The Hall–Kier alpha value is -1.04. The average molecular weight is 158 g/mol. The largest absolute Gasteiger partial charge is 0.368 e. The van der Waals surface area contributed by atoms with Crippen molar-refractivity contribution in [3.63, 3.8) is 0 Å². The number of hydrogen-bond donors (Lipinski definition) is 3. The van der Waals surface area contributed by atoms with Crippen molar-refractivity contribution >= 4 is 18.5 Å². The lowest BCUT2D eigenvalue weighted by atomic mass is 10.4. The third kappa shape index (κ3) is 1.27. The van der Waals surface area contributed by atoms with Crippen molar-refractivity contribution in [3.8, 4) is 0 Å². The lowest BCUT2D eigenvalue weighted by Crippen LogP contribution is -2.18. The third-order valence-electron chi connectivity index (χ3n) is 0.962.